The van der Waals surface area contributed by atoms with Crippen LogP contribution in [0.15, 0.2) is 24.5 Å². The number of halogens is 2. The monoisotopic (exact) mass is 647 g/mol. The van der Waals surface area contributed by atoms with E-state index in [1.165, 1.54) is 24.3 Å². The second kappa shape index (κ2) is 15.0. The third-order valence-corrected chi connectivity index (χ3v) is 10.5. The van der Waals surface area contributed by atoms with E-state index in [2.05, 4.69) is 34.4 Å². The topological polar surface area (TPSA) is 88.8 Å². The second-order valence-corrected chi connectivity index (χ2v) is 13.5. The third kappa shape index (κ3) is 7.38. The summed E-state index contributed by atoms with van der Waals surface area (Å²) in [5.41, 5.74) is 4.97. The highest BCUT2D eigenvalue weighted by Crippen LogP contribution is 2.36. The van der Waals surface area contributed by atoms with Crippen LogP contribution >= 0.6 is 0 Å². The number of unbranched alkanes of at least 4 members (excludes halogenated alkanes) is 1. The molecular formula is C36H47F2N7O2. The van der Waals surface area contributed by atoms with Gasteiger partial charge in [0.25, 0.3) is 5.91 Å². The van der Waals surface area contributed by atoms with Gasteiger partial charge in [-0.25, -0.2) is 8.78 Å². The molecule has 2 atom stereocenters. The van der Waals surface area contributed by atoms with E-state index < -0.39 is 17.8 Å². The van der Waals surface area contributed by atoms with Crippen LogP contribution in [-0.4, -0.2) is 84.1 Å². The van der Waals surface area contributed by atoms with Gasteiger partial charge in [0, 0.05) is 43.5 Å². The van der Waals surface area contributed by atoms with Gasteiger partial charge < -0.3 is 24.3 Å². The van der Waals surface area contributed by atoms with Crippen molar-refractivity contribution in [2.75, 3.05) is 56.2 Å². The molecule has 47 heavy (non-hydrogen) atoms. The van der Waals surface area contributed by atoms with Gasteiger partial charge in [0.2, 0.25) is 0 Å². The first-order valence-corrected chi connectivity index (χ1v) is 17.4. The fourth-order valence-corrected chi connectivity index (χ4v) is 7.96. The van der Waals surface area contributed by atoms with Crippen LogP contribution in [-0.2, 0) is 30.6 Å². The predicted octanol–water partition coefficient (Wildman–Crippen LogP) is 5.50. The predicted molar refractivity (Wildman–Crippen MR) is 178 cm³/mol. The van der Waals surface area contributed by atoms with Gasteiger partial charge in [-0.15, -0.1) is 0 Å². The molecule has 1 amide bonds. The standard InChI is InChI=1S/C36H47F2N7O2/c1-25(37)35(46)45-21-20-44(23-27(45)16-17-39)34-30-13-8-19-43(33-15-14-31(38)28-11-3-4-12-29(28)33)24-32(30)40-36(41-34)47-22-6-5-9-26-10-7-18-42(26)2/h14-15,26-27H,1,3-13,16,18-24H2,2H3/t26-,27+/m1/s1. The SMILES string of the molecule is C=C(F)C(=O)N1CCN(c2nc(OCCCC[C@@H]3CCCN3C)nc3c2CCCN(c2ccc(F)c4c2CCCC4)C3)C[C@@H]1CC#N. The minimum atomic E-state index is -1.02. The van der Waals surface area contributed by atoms with Crippen LogP contribution in [0.4, 0.5) is 20.3 Å². The summed E-state index contributed by atoms with van der Waals surface area (Å²) in [6.45, 7) is 7.28. The molecule has 0 N–H and O–H groups in total. The van der Waals surface area contributed by atoms with E-state index in [9.17, 15) is 18.8 Å². The zero-order valence-electron chi connectivity index (χ0n) is 27.7. The Balaban J connectivity index is 1.27. The van der Waals surface area contributed by atoms with Gasteiger partial charge >= 0.3 is 6.01 Å². The van der Waals surface area contributed by atoms with Crippen molar-refractivity contribution in [1.29, 1.82) is 5.26 Å². The summed E-state index contributed by atoms with van der Waals surface area (Å²) in [4.78, 5) is 30.8. The normalized spacial score (nSPS) is 21.5. The smallest absolute Gasteiger partial charge is 0.318 e. The van der Waals surface area contributed by atoms with Gasteiger partial charge in [0.05, 0.1) is 37.4 Å². The average Bonchev–Trinajstić information content (AvgIpc) is 3.36. The van der Waals surface area contributed by atoms with Crippen molar-refractivity contribution in [3.63, 3.8) is 0 Å². The molecule has 6 rings (SSSR count). The summed E-state index contributed by atoms with van der Waals surface area (Å²) >= 11 is 0. The number of ether oxygens (including phenoxy) is 1. The van der Waals surface area contributed by atoms with E-state index in [0.717, 1.165) is 98.2 Å². The second-order valence-electron chi connectivity index (χ2n) is 13.5. The Kier molecular flexibility index (Phi) is 10.6. The average molecular weight is 648 g/mol. The molecule has 4 heterocycles. The lowest BCUT2D eigenvalue weighted by Crippen LogP contribution is -2.55. The number of amides is 1. The van der Waals surface area contributed by atoms with E-state index in [-0.39, 0.29) is 18.8 Å². The van der Waals surface area contributed by atoms with Crippen LogP contribution < -0.4 is 14.5 Å². The lowest BCUT2D eigenvalue weighted by molar-refractivity contribution is -0.131. The highest BCUT2D eigenvalue weighted by atomic mass is 19.1. The Morgan fingerprint density at radius 2 is 1.81 bits per heavy atom. The number of piperazine rings is 1. The van der Waals surface area contributed by atoms with Crippen LogP contribution in [0.2, 0.25) is 0 Å². The Labute approximate surface area is 277 Å². The Morgan fingerprint density at radius 3 is 2.57 bits per heavy atom. The molecule has 0 saturated carbocycles. The molecule has 2 saturated heterocycles. The molecule has 4 aliphatic rings. The molecule has 2 fully saturated rings. The first-order valence-electron chi connectivity index (χ1n) is 17.4. The number of anilines is 2. The molecule has 3 aliphatic heterocycles. The molecule has 9 nitrogen and oxygen atoms in total. The number of aromatic nitrogens is 2. The van der Waals surface area contributed by atoms with Crippen molar-refractivity contribution in [1.82, 2.24) is 19.8 Å². The largest absolute Gasteiger partial charge is 0.463 e. The maximum atomic E-state index is 14.8. The maximum absolute atomic E-state index is 14.8. The quantitative estimate of drug-likeness (QED) is 0.247. The number of likely N-dealkylation sites (tertiary alicyclic amines) is 1. The van der Waals surface area contributed by atoms with Crippen molar-refractivity contribution >= 4 is 17.4 Å². The Morgan fingerprint density at radius 1 is 1.00 bits per heavy atom. The number of carbonyl (C=O) groups is 1. The van der Waals surface area contributed by atoms with Crippen molar-refractivity contribution in [2.24, 2.45) is 0 Å². The number of nitriles is 1. The van der Waals surface area contributed by atoms with Gasteiger partial charge in [0.15, 0.2) is 5.83 Å². The van der Waals surface area contributed by atoms with Crippen molar-refractivity contribution in [3.05, 3.63) is 52.7 Å². The summed E-state index contributed by atoms with van der Waals surface area (Å²) in [5.74, 6) is -1.14. The van der Waals surface area contributed by atoms with Crippen molar-refractivity contribution in [3.8, 4) is 12.1 Å². The fraction of sp³-hybridized carbons (Fsp3) is 0.611. The number of nitrogens with zero attached hydrogens (tertiary/aromatic N) is 7. The van der Waals surface area contributed by atoms with Crippen LogP contribution in [0, 0.1) is 17.1 Å². The van der Waals surface area contributed by atoms with Gasteiger partial charge in [-0.3, -0.25) is 4.79 Å². The van der Waals surface area contributed by atoms with Gasteiger partial charge in [-0.05, 0) is 107 Å². The van der Waals surface area contributed by atoms with E-state index in [1.807, 2.05) is 6.07 Å². The zero-order chi connectivity index (χ0) is 32.9. The van der Waals surface area contributed by atoms with E-state index in [0.29, 0.717) is 38.3 Å². The zero-order valence-corrected chi connectivity index (χ0v) is 27.7. The third-order valence-electron chi connectivity index (χ3n) is 10.5. The van der Waals surface area contributed by atoms with E-state index in [4.69, 9.17) is 14.7 Å². The maximum Gasteiger partial charge on any atom is 0.318 e. The summed E-state index contributed by atoms with van der Waals surface area (Å²) in [7, 11) is 2.20. The minimum Gasteiger partial charge on any atom is -0.463 e. The molecule has 11 heteroatoms. The number of fused-ring (bicyclic) bond motifs is 2. The molecule has 1 aromatic heterocycles. The summed E-state index contributed by atoms with van der Waals surface area (Å²) in [6, 6.07) is 6.18. The molecule has 252 valence electrons. The molecule has 0 spiro atoms. The summed E-state index contributed by atoms with van der Waals surface area (Å²) in [6.07, 6.45) is 11.1. The van der Waals surface area contributed by atoms with Crippen LogP contribution in [0.5, 0.6) is 6.01 Å². The van der Waals surface area contributed by atoms with Crippen molar-refractivity contribution < 1.29 is 18.3 Å². The molecule has 1 aromatic carbocycles. The van der Waals surface area contributed by atoms with Crippen LogP contribution in [0.1, 0.15) is 80.2 Å². The van der Waals surface area contributed by atoms with Crippen LogP contribution in [0.3, 0.4) is 0 Å². The number of carbonyl (C=O) groups excluding carboxylic acids is 1. The van der Waals surface area contributed by atoms with Gasteiger partial charge in [-0.2, -0.15) is 15.2 Å². The fourth-order valence-electron chi connectivity index (χ4n) is 7.96. The number of rotatable bonds is 10. The lowest BCUT2D eigenvalue weighted by atomic mass is 9.89. The van der Waals surface area contributed by atoms with Crippen LogP contribution in [0.25, 0.3) is 0 Å². The minimum absolute atomic E-state index is 0.0752. The first-order chi connectivity index (χ1) is 22.8. The molecule has 1 aliphatic carbocycles. The molecule has 0 bridgehead atoms. The van der Waals surface area contributed by atoms with Crippen molar-refractivity contribution in [2.45, 2.75) is 95.7 Å². The van der Waals surface area contributed by atoms with E-state index in [1.54, 1.807) is 6.07 Å². The molecule has 0 radical (unpaired) electrons. The molecular weight excluding hydrogens is 600 g/mol. The number of hydrogen-bond donors (Lipinski definition) is 0. The number of hydrogen-bond acceptors (Lipinski definition) is 8. The molecule has 2 aromatic rings. The highest BCUT2D eigenvalue weighted by molar-refractivity contribution is 5.91. The Bertz CT molecular complexity index is 1510. The molecule has 0 unspecified atom stereocenters. The summed E-state index contributed by atoms with van der Waals surface area (Å²) < 4.78 is 34.9. The van der Waals surface area contributed by atoms with Gasteiger partial charge in [-0.1, -0.05) is 6.58 Å². The lowest BCUT2D eigenvalue weighted by Gasteiger charge is -2.41. The number of benzene rings is 1. The van der Waals surface area contributed by atoms with E-state index >= 15 is 0 Å². The van der Waals surface area contributed by atoms with Gasteiger partial charge in [0.1, 0.15) is 11.6 Å². The highest BCUT2D eigenvalue weighted by Gasteiger charge is 2.35. The summed E-state index contributed by atoms with van der Waals surface area (Å²) in [5, 5.41) is 9.55. The first kappa shape index (κ1) is 33.1. The Hall–Kier alpha value is -3.78.